The normalized spacial score (nSPS) is 12.6. The summed E-state index contributed by atoms with van der Waals surface area (Å²) in [5.74, 6) is 1.03. The predicted molar refractivity (Wildman–Crippen MR) is 118 cm³/mol. The third-order valence-corrected chi connectivity index (χ3v) is 6.91. The second-order valence-electron chi connectivity index (χ2n) is 8.23. The Hall–Kier alpha value is -0.880. The average Bonchev–Trinajstić information content (AvgIpc) is 2.60. The smallest absolute Gasteiger partial charge is 0.248 e. The minimum Gasteiger partial charge on any atom is -0.338 e. The van der Waals surface area contributed by atoms with Gasteiger partial charge in [0.1, 0.15) is 0 Å². The number of carbonyl (C=O) groups excluding carboxylic acids is 1. The standard InChI is InChI=1S/C23H40NOP/c1-6-7-8-9-10-14-17-26(22-15-12-11-13-16-22)23(25)24(18-20(2)3)19-21(4)5/h11-13,15-16,20-21H,6-10,14,17-19H2,1-5H3. The second kappa shape index (κ2) is 13.3. The molecule has 0 N–H and O–H groups in total. The number of hydrogen-bond acceptors (Lipinski definition) is 1. The Morgan fingerprint density at radius 3 is 1.96 bits per heavy atom. The van der Waals surface area contributed by atoms with Gasteiger partial charge in [-0.3, -0.25) is 4.79 Å². The van der Waals surface area contributed by atoms with Crippen molar-refractivity contribution in [2.75, 3.05) is 19.3 Å². The fourth-order valence-corrected chi connectivity index (χ4v) is 5.52. The number of hydrogen-bond donors (Lipinski definition) is 0. The molecule has 0 saturated heterocycles. The van der Waals surface area contributed by atoms with E-state index in [4.69, 9.17) is 0 Å². The minimum atomic E-state index is -0.755. The lowest BCUT2D eigenvalue weighted by molar-refractivity contribution is 0.207. The molecule has 0 aliphatic carbocycles. The number of rotatable bonds is 13. The predicted octanol–water partition coefficient (Wildman–Crippen LogP) is 6.89. The van der Waals surface area contributed by atoms with E-state index in [0.717, 1.165) is 19.3 Å². The van der Waals surface area contributed by atoms with Crippen LogP contribution in [0.2, 0.25) is 0 Å². The van der Waals surface area contributed by atoms with Crippen LogP contribution in [0.3, 0.4) is 0 Å². The molecule has 0 aromatic heterocycles. The Bertz CT molecular complexity index is 476. The molecule has 0 heterocycles. The first-order valence-corrected chi connectivity index (χ1v) is 12.1. The molecule has 148 valence electrons. The van der Waals surface area contributed by atoms with E-state index < -0.39 is 7.92 Å². The van der Waals surface area contributed by atoms with Crippen LogP contribution in [0, 0.1) is 11.8 Å². The van der Waals surface area contributed by atoms with Crippen molar-refractivity contribution in [3.63, 3.8) is 0 Å². The molecule has 0 radical (unpaired) electrons. The van der Waals surface area contributed by atoms with Gasteiger partial charge in [-0.2, -0.15) is 0 Å². The molecule has 26 heavy (non-hydrogen) atoms. The van der Waals surface area contributed by atoms with E-state index >= 15 is 0 Å². The van der Waals surface area contributed by atoms with Crippen molar-refractivity contribution < 1.29 is 4.79 Å². The highest BCUT2D eigenvalue weighted by atomic mass is 31.1. The maximum Gasteiger partial charge on any atom is 0.248 e. The lowest BCUT2D eigenvalue weighted by Crippen LogP contribution is -2.36. The molecule has 2 nitrogen and oxygen atoms in total. The zero-order valence-electron chi connectivity index (χ0n) is 17.7. The monoisotopic (exact) mass is 377 g/mol. The molecule has 0 bridgehead atoms. The quantitative estimate of drug-likeness (QED) is 0.271. The average molecular weight is 378 g/mol. The molecule has 1 amide bonds. The number of amides is 1. The van der Waals surface area contributed by atoms with Gasteiger partial charge in [-0.05, 0) is 29.7 Å². The van der Waals surface area contributed by atoms with Gasteiger partial charge < -0.3 is 4.90 Å². The lowest BCUT2D eigenvalue weighted by Gasteiger charge is -2.30. The summed E-state index contributed by atoms with van der Waals surface area (Å²) in [5, 5.41) is 1.25. The second-order valence-corrected chi connectivity index (χ2v) is 10.4. The SMILES string of the molecule is CCCCCCCCP(C(=O)N(CC(C)C)CC(C)C)c1ccccc1. The Labute approximate surface area is 163 Å². The molecule has 0 fully saturated rings. The van der Waals surface area contributed by atoms with Gasteiger partial charge in [-0.1, -0.05) is 97.1 Å². The summed E-state index contributed by atoms with van der Waals surface area (Å²) in [7, 11) is -0.755. The van der Waals surface area contributed by atoms with E-state index in [2.05, 4.69) is 63.8 Å². The third-order valence-electron chi connectivity index (χ3n) is 4.48. The molecular weight excluding hydrogens is 337 g/mol. The molecule has 1 atom stereocenters. The molecule has 3 heteroatoms. The van der Waals surface area contributed by atoms with E-state index in [1.807, 2.05) is 6.07 Å². The van der Waals surface area contributed by atoms with Crippen molar-refractivity contribution in [3.8, 4) is 0 Å². The Morgan fingerprint density at radius 2 is 1.42 bits per heavy atom. The maximum absolute atomic E-state index is 13.4. The summed E-state index contributed by atoms with van der Waals surface area (Å²) in [6, 6.07) is 10.5. The molecule has 1 aromatic rings. The molecular formula is C23H40NOP. The van der Waals surface area contributed by atoms with Gasteiger partial charge in [0, 0.05) is 21.0 Å². The van der Waals surface area contributed by atoms with Crippen LogP contribution in [0.15, 0.2) is 30.3 Å². The number of unbranched alkanes of at least 4 members (excludes halogenated alkanes) is 5. The number of benzene rings is 1. The molecule has 0 aliphatic rings. The first-order chi connectivity index (χ1) is 12.5. The molecule has 1 unspecified atom stereocenters. The topological polar surface area (TPSA) is 20.3 Å². The van der Waals surface area contributed by atoms with Gasteiger partial charge >= 0.3 is 0 Å². The molecule has 0 saturated carbocycles. The molecule has 1 rings (SSSR count). The van der Waals surface area contributed by atoms with Crippen LogP contribution in [-0.2, 0) is 0 Å². The molecule has 0 aliphatic heterocycles. The van der Waals surface area contributed by atoms with Gasteiger partial charge in [0.15, 0.2) is 0 Å². The van der Waals surface area contributed by atoms with Crippen molar-refractivity contribution in [2.45, 2.75) is 73.1 Å². The highest BCUT2D eigenvalue weighted by molar-refractivity contribution is 7.81. The molecule has 0 spiro atoms. The summed E-state index contributed by atoms with van der Waals surface area (Å²) in [6.07, 6.45) is 8.73. The van der Waals surface area contributed by atoms with E-state index in [0.29, 0.717) is 17.5 Å². The maximum atomic E-state index is 13.4. The van der Waals surface area contributed by atoms with Crippen molar-refractivity contribution in [3.05, 3.63) is 30.3 Å². The van der Waals surface area contributed by atoms with Crippen molar-refractivity contribution in [1.82, 2.24) is 4.90 Å². The van der Waals surface area contributed by atoms with Gasteiger partial charge in [-0.25, -0.2) is 0 Å². The Balaban J connectivity index is 2.79. The fourth-order valence-electron chi connectivity index (χ4n) is 3.28. The summed E-state index contributed by atoms with van der Waals surface area (Å²) in [4.78, 5) is 15.6. The van der Waals surface area contributed by atoms with E-state index in [1.165, 1.54) is 43.8 Å². The summed E-state index contributed by atoms with van der Waals surface area (Å²) in [6.45, 7) is 12.8. The summed E-state index contributed by atoms with van der Waals surface area (Å²) < 4.78 is 0. The Morgan fingerprint density at radius 1 is 0.885 bits per heavy atom. The summed E-state index contributed by atoms with van der Waals surface area (Å²) in [5.41, 5.74) is 0.391. The Kier molecular flexibility index (Phi) is 11.9. The summed E-state index contributed by atoms with van der Waals surface area (Å²) >= 11 is 0. The van der Waals surface area contributed by atoms with Crippen LogP contribution in [0.4, 0.5) is 4.79 Å². The fraction of sp³-hybridized carbons (Fsp3) is 0.696. The minimum absolute atomic E-state index is 0.391. The van der Waals surface area contributed by atoms with Gasteiger partial charge in [-0.15, -0.1) is 0 Å². The zero-order chi connectivity index (χ0) is 19.4. The van der Waals surface area contributed by atoms with Gasteiger partial charge in [0.05, 0.1) is 0 Å². The van der Waals surface area contributed by atoms with Crippen molar-refractivity contribution in [1.29, 1.82) is 0 Å². The van der Waals surface area contributed by atoms with Crippen molar-refractivity contribution >= 4 is 18.9 Å². The van der Waals surface area contributed by atoms with Crippen LogP contribution in [0.5, 0.6) is 0 Å². The first-order valence-electron chi connectivity index (χ1n) is 10.6. The zero-order valence-corrected chi connectivity index (χ0v) is 18.6. The lowest BCUT2D eigenvalue weighted by atomic mass is 10.1. The molecule has 1 aromatic carbocycles. The van der Waals surface area contributed by atoms with E-state index in [-0.39, 0.29) is 0 Å². The van der Waals surface area contributed by atoms with Crippen LogP contribution in [0.1, 0.15) is 73.1 Å². The van der Waals surface area contributed by atoms with Crippen molar-refractivity contribution in [2.24, 2.45) is 11.8 Å². The largest absolute Gasteiger partial charge is 0.338 e. The number of nitrogens with zero attached hydrogens (tertiary/aromatic N) is 1. The van der Waals surface area contributed by atoms with Gasteiger partial charge in [0.25, 0.3) is 0 Å². The van der Waals surface area contributed by atoms with E-state index in [1.54, 1.807) is 0 Å². The van der Waals surface area contributed by atoms with Gasteiger partial charge in [0.2, 0.25) is 5.65 Å². The van der Waals surface area contributed by atoms with Crippen LogP contribution < -0.4 is 5.30 Å². The number of carbonyl (C=O) groups is 1. The first kappa shape index (κ1) is 23.2. The van der Waals surface area contributed by atoms with Crippen LogP contribution >= 0.6 is 7.92 Å². The third kappa shape index (κ3) is 9.17. The van der Waals surface area contributed by atoms with Crippen LogP contribution in [-0.4, -0.2) is 29.8 Å². The van der Waals surface area contributed by atoms with E-state index in [9.17, 15) is 4.79 Å². The highest BCUT2D eigenvalue weighted by Crippen LogP contribution is 2.39. The van der Waals surface area contributed by atoms with Crippen LogP contribution in [0.25, 0.3) is 0 Å². The highest BCUT2D eigenvalue weighted by Gasteiger charge is 2.26.